The first-order valence-corrected chi connectivity index (χ1v) is 3.59. The first-order valence-electron chi connectivity index (χ1n) is 3.59. The minimum atomic E-state index is -4.29. The lowest BCUT2D eigenvalue weighted by atomic mass is 10.2. The average Bonchev–Trinajstić information content (AvgIpc) is 2.01. The van der Waals surface area contributed by atoms with E-state index in [1.807, 2.05) is 0 Å². The summed E-state index contributed by atoms with van der Waals surface area (Å²) in [6, 6.07) is 6.38. The first-order chi connectivity index (χ1) is 5.99. The molecule has 0 fully saturated rings. The SMILES string of the molecule is Nc1ccccc1/C=C/C(F)(F)F. The maximum Gasteiger partial charge on any atom is 0.409 e. The Balaban J connectivity index is 2.86. The highest BCUT2D eigenvalue weighted by Gasteiger charge is 2.21. The van der Waals surface area contributed by atoms with Crippen LogP contribution in [0.2, 0.25) is 0 Å². The van der Waals surface area contributed by atoms with Gasteiger partial charge in [-0.05, 0) is 17.7 Å². The van der Waals surface area contributed by atoms with Crippen molar-refractivity contribution in [2.24, 2.45) is 0 Å². The summed E-state index contributed by atoms with van der Waals surface area (Å²) in [6.07, 6.45) is -3.17. The fourth-order valence-electron chi connectivity index (χ4n) is 0.847. The number of halogens is 3. The van der Waals surface area contributed by atoms with Crippen molar-refractivity contribution < 1.29 is 13.2 Å². The fraction of sp³-hybridized carbons (Fsp3) is 0.111. The smallest absolute Gasteiger partial charge is 0.398 e. The standard InChI is InChI=1S/C9H8F3N/c10-9(11,12)6-5-7-3-1-2-4-8(7)13/h1-6H,13H2/b6-5+. The van der Waals surface area contributed by atoms with Gasteiger partial charge in [0, 0.05) is 11.8 Å². The van der Waals surface area contributed by atoms with Crippen molar-refractivity contribution in [2.45, 2.75) is 6.18 Å². The maximum atomic E-state index is 11.7. The zero-order chi connectivity index (χ0) is 9.90. The molecule has 0 spiro atoms. The summed E-state index contributed by atoms with van der Waals surface area (Å²) in [7, 11) is 0. The van der Waals surface area contributed by atoms with E-state index in [2.05, 4.69) is 0 Å². The molecule has 0 bridgehead atoms. The Morgan fingerprint density at radius 3 is 2.31 bits per heavy atom. The van der Waals surface area contributed by atoms with E-state index in [9.17, 15) is 13.2 Å². The van der Waals surface area contributed by atoms with E-state index >= 15 is 0 Å². The van der Waals surface area contributed by atoms with Gasteiger partial charge in [-0.15, -0.1) is 0 Å². The van der Waals surface area contributed by atoms with Crippen molar-refractivity contribution in [3.05, 3.63) is 35.9 Å². The van der Waals surface area contributed by atoms with Crippen LogP contribution in [0.15, 0.2) is 30.3 Å². The van der Waals surface area contributed by atoms with Crippen molar-refractivity contribution in [1.82, 2.24) is 0 Å². The normalized spacial score (nSPS) is 12.2. The van der Waals surface area contributed by atoms with Gasteiger partial charge in [-0.2, -0.15) is 13.2 Å². The van der Waals surface area contributed by atoms with E-state index in [1.54, 1.807) is 18.2 Å². The molecule has 0 aliphatic carbocycles. The summed E-state index contributed by atoms with van der Waals surface area (Å²) < 4.78 is 35.2. The predicted molar refractivity (Wildman–Crippen MR) is 45.9 cm³/mol. The Kier molecular flexibility index (Phi) is 2.60. The lowest BCUT2D eigenvalue weighted by Gasteiger charge is -2.00. The Morgan fingerprint density at radius 2 is 1.77 bits per heavy atom. The number of hydrogen-bond donors (Lipinski definition) is 1. The second-order valence-electron chi connectivity index (χ2n) is 2.50. The summed E-state index contributed by atoms with van der Waals surface area (Å²) in [5, 5.41) is 0. The molecule has 1 nitrogen and oxygen atoms in total. The lowest BCUT2D eigenvalue weighted by molar-refractivity contribution is -0.0790. The Labute approximate surface area is 73.7 Å². The molecule has 0 heterocycles. The van der Waals surface area contributed by atoms with E-state index in [4.69, 9.17) is 5.73 Å². The number of allylic oxidation sites excluding steroid dienone is 1. The van der Waals surface area contributed by atoms with Crippen molar-refractivity contribution in [1.29, 1.82) is 0 Å². The average molecular weight is 187 g/mol. The second kappa shape index (κ2) is 3.51. The third-order valence-corrected chi connectivity index (χ3v) is 1.45. The summed E-state index contributed by atoms with van der Waals surface area (Å²) in [4.78, 5) is 0. The maximum absolute atomic E-state index is 11.7. The quantitative estimate of drug-likeness (QED) is 0.672. The number of para-hydroxylation sites is 1. The van der Waals surface area contributed by atoms with Gasteiger partial charge in [0.2, 0.25) is 0 Å². The van der Waals surface area contributed by atoms with Crippen molar-refractivity contribution in [3.63, 3.8) is 0 Å². The predicted octanol–water partition coefficient (Wildman–Crippen LogP) is 2.84. The number of nitrogen functional groups attached to an aromatic ring is 1. The molecule has 0 aliphatic rings. The highest BCUT2D eigenvalue weighted by molar-refractivity contribution is 5.64. The van der Waals surface area contributed by atoms with E-state index in [1.165, 1.54) is 6.07 Å². The summed E-state index contributed by atoms with van der Waals surface area (Å²) in [5.41, 5.74) is 6.14. The highest BCUT2D eigenvalue weighted by Crippen LogP contribution is 2.20. The molecular weight excluding hydrogens is 179 g/mol. The van der Waals surface area contributed by atoms with Gasteiger partial charge in [-0.25, -0.2) is 0 Å². The van der Waals surface area contributed by atoms with Crippen LogP contribution in [0.3, 0.4) is 0 Å². The highest BCUT2D eigenvalue weighted by atomic mass is 19.4. The lowest BCUT2D eigenvalue weighted by Crippen LogP contribution is -2.00. The molecule has 0 aromatic heterocycles. The number of anilines is 1. The molecule has 0 atom stereocenters. The van der Waals surface area contributed by atoms with Crippen molar-refractivity contribution in [2.75, 3.05) is 5.73 Å². The number of alkyl halides is 3. The Bertz CT molecular complexity index is 315. The zero-order valence-corrected chi connectivity index (χ0v) is 6.68. The summed E-state index contributed by atoms with van der Waals surface area (Å²) in [5.74, 6) is 0. The molecule has 70 valence electrons. The topological polar surface area (TPSA) is 26.0 Å². The van der Waals surface area contributed by atoms with Crippen LogP contribution in [-0.4, -0.2) is 6.18 Å². The minimum absolute atomic E-state index is 0.165. The Morgan fingerprint density at radius 1 is 1.15 bits per heavy atom. The molecule has 2 N–H and O–H groups in total. The summed E-state index contributed by atoms with van der Waals surface area (Å²) in [6.45, 7) is 0. The van der Waals surface area contributed by atoms with E-state index in [0.29, 0.717) is 11.3 Å². The molecule has 1 aromatic rings. The Hall–Kier alpha value is -1.45. The molecule has 13 heavy (non-hydrogen) atoms. The number of benzene rings is 1. The van der Waals surface area contributed by atoms with Crippen LogP contribution in [0, 0.1) is 0 Å². The number of hydrogen-bond acceptors (Lipinski definition) is 1. The van der Waals surface area contributed by atoms with Crippen LogP contribution in [0.5, 0.6) is 0 Å². The molecule has 0 amide bonds. The van der Waals surface area contributed by atoms with Crippen LogP contribution >= 0.6 is 0 Å². The molecule has 0 unspecified atom stereocenters. The first kappa shape index (κ1) is 9.64. The largest absolute Gasteiger partial charge is 0.409 e. The van der Waals surface area contributed by atoms with Gasteiger partial charge < -0.3 is 5.73 Å². The van der Waals surface area contributed by atoms with Gasteiger partial charge in [-0.1, -0.05) is 18.2 Å². The van der Waals surface area contributed by atoms with E-state index in [0.717, 1.165) is 6.08 Å². The second-order valence-corrected chi connectivity index (χ2v) is 2.50. The summed E-state index contributed by atoms with van der Waals surface area (Å²) >= 11 is 0. The van der Waals surface area contributed by atoms with Crippen molar-refractivity contribution >= 4 is 11.8 Å². The van der Waals surface area contributed by atoms with Crippen LogP contribution in [0.1, 0.15) is 5.56 Å². The molecular formula is C9H8F3N. The third-order valence-electron chi connectivity index (χ3n) is 1.45. The van der Waals surface area contributed by atoms with Gasteiger partial charge in [0.25, 0.3) is 0 Å². The molecule has 0 saturated carbocycles. The van der Waals surface area contributed by atoms with Gasteiger partial charge in [0.15, 0.2) is 0 Å². The van der Waals surface area contributed by atoms with Gasteiger partial charge in [-0.3, -0.25) is 0 Å². The van der Waals surface area contributed by atoms with Gasteiger partial charge in [0.1, 0.15) is 0 Å². The third kappa shape index (κ3) is 3.19. The molecule has 1 aromatic carbocycles. The molecule has 0 aliphatic heterocycles. The van der Waals surface area contributed by atoms with E-state index in [-0.39, 0.29) is 6.08 Å². The molecule has 0 radical (unpaired) electrons. The van der Waals surface area contributed by atoms with Crippen LogP contribution in [-0.2, 0) is 0 Å². The fourth-order valence-corrected chi connectivity index (χ4v) is 0.847. The zero-order valence-electron chi connectivity index (χ0n) is 6.68. The van der Waals surface area contributed by atoms with Crippen molar-refractivity contribution in [3.8, 4) is 0 Å². The van der Waals surface area contributed by atoms with Gasteiger partial charge >= 0.3 is 6.18 Å². The van der Waals surface area contributed by atoms with Gasteiger partial charge in [0.05, 0.1) is 0 Å². The van der Waals surface area contributed by atoms with E-state index < -0.39 is 6.18 Å². The molecule has 4 heteroatoms. The van der Waals surface area contributed by atoms with Crippen LogP contribution < -0.4 is 5.73 Å². The van der Waals surface area contributed by atoms with Crippen LogP contribution in [0.4, 0.5) is 18.9 Å². The molecule has 0 saturated heterocycles. The van der Waals surface area contributed by atoms with Crippen LogP contribution in [0.25, 0.3) is 6.08 Å². The minimum Gasteiger partial charge on any atom is -0.398 e. The number of nitrogens with two attached hydrogens (primary N) is 1. The number of rotatable bonds is 1. The molecule has 1 rings (SSSR count). The monoisotopic (exact) mass is 187 g/mol.